The number of amides is 2. The molecule has 27 heavy (non-hydrogen) atoms. The van der Waals surface area contributed by atoms with Gasteiger partial charge in [0.2, 0.25) is 5.91 Å². The summed E-state index contributed by atoms with van der Waals surface area (Å²) in [5, 5.41) is 2.36. The molecule has 2 aliphatic carbocycles. The SMILES string of the molecule is O=C(COC(=O)[C@@H]1CC(=O)N(CC2CC2)C1)N[C@H]1CCCC[C@@H]1C(F)(F)F. The van der Waals surface area contributed by atoms with Crippen molar-refractivity contribution in [2.45, 2.75) is 57.2 Å². The number of halogens is 3. The van der Waals surface area contributed by atoms with Gasteiger partial charge >= 0.3 is 12.1 Å². The fourth-order valence-corrected chi connectivity index (χ4v) is 3.92. The third kappa shape index (κ3) is 5.35. The molecule has 1 N–H and O–H groups in total. The maximum atomic E-state index is 13.1. The maximum Gasteiger partial charge on any atom is 0.393 e. The van der Waals surface area contributed by atoms with Crippen molar-refractivity contribution in [1.82, 2.24) is 10.2 Å². The van der Waals surface area contributed by atoms with Gasteiger partial charge < -0.3 is 15.0 Å². The number of ether oxygens (including phenoxy) is 1. The van der Waals surface area contributed by atoms with Crippen LogP contribution in [0.25, 0.3) is 0 Å². The monoisotopic (exact) mass is 390 g/mol. The fraction of sp³-hybridized carbons (Fsp3) is 0.833. The summed E-state index contributed by atoms with van der Waals surface area (Å²) in [5.41, 5.74) is 0. The lowest BCUT2D eigenvalue weighted by atomic mass is 9.84. The summed E-state index contributed by atoms with van der Waals surface area (Å²) < 4.78 is 44.1. The lowest BCUT2D eigenvalue weighted by molar-refractivity contribution is -0.189. The minimum atomic E-state index is -4.36. The Hall–Kier alpha value is -1.80. The van der Waals surface area contributed by atoms with Gasteiger partial charge in [-0.05, 0) is 31.6 Å². The third-order valence-corrected chi connectivity index (χ3v) is 5.60. The predicted octanol–water partition coefficient (Wildman–Crippen LogP) is 2.03. The Bertz CT molecular complexity index is 592. The summed E-state index contributed by atoms with van der Waals surface area (Å²) in [7, 11) is 0. The van der Waals surface area contributed by atoms with Crippen LogP contribution < -0.4 is 5.32 Å². The van der Waals surface area contributed by atoms with E-state index < -0.39 is 42.5 Å². The maximum absolute atomic E-state index is 13.1. The zero-order chi connectivity index (χ0) is 19.6. The minimum Gasteiger partial charge on any atom is -0.455 e. The second-order valence-corrected chi connectivity index (χ2v) is 7.86. The largest absolute Gasteiger partial charge is 0.455 e. The Kier molecular flexibility index (Phi) is 5.95. The van der Waals surface area contributed by atoms with Crippen LogP contribution in [0.3, 0.4) is 0 Å². The number of nitrogens with one attached hydrogen (secondary N) is 1. The molecule has 2 saturated carbocycles. The number of esters is 1. The van der Waals surface area contributed by atoms with Crippen molar-refractivity contribution in [2.24, 2.45) is 17.8 Å². The van der Waals surface area contributed by atoms with E-state index in [-0.39, 0.29) is 31.7 Å². The van der Waals surface area contributed by atoms with Gasteiger partial charge in [0, 0.05) is 25.6 Å². The first-order chi connectivity index (χ1) is 12.7. The first kappa shape index (κ1) is 19.9. The summed E-state index contributed by atoms with van der Waals surface area (Å²) in [6.45, 7) is 0.325. The normalized spacial score (nSPS) is 28.9. The Labute approximate surface area is 155 Å². The Morgan fingerprint density at radius 3 is 2.52 bits per heavy atom. The molecule has 3 rings (SSSR count). The molecule has 3 fully saturated rings. The van der Waals surface area contributed by atoms with Gasteiger partial charge in [-0.2, -0.15) is 13.2 Å². The van der Waals surface area contributed by atoms with Gasteiger partial charge in [0.15, 0.2) is 6.61 Å². The molecule has 1 heterocycles. The standard InChI is InChI=1S/C18H25F3N2O4/c19-18(20,21)13-3-1-2-4-14(13)22-15(24)10-27-17(26)12-7-16(25)23(9-12)8-11-5-6-11/h11-14H,1-10H2,(H,22,24)/t12-,13+,14+/m1/s1. The summed E-state index contributed by atoms with van der Waals surface area (Å²) in [6.07, 6.45) is -0.738. The number of alkyl halides is 3. The van der Waals surface area contributed by atoms with E-state index in [1.807, 2.05) is 0 Å². The molecule has 3 aliphatic rings. The van der Waals surface area contributed by atoms with Crippen LogP contribution in [-0.2, 0) is 19.1 Å². The average molecular weight is 390 g/mol. The molecule has 1 aliphatic heterocycles. The second kappa shape index (κ2) is 8.06. The van der Waals surface area contributed by atoms with Crippen LogP contribution >= 0.6 is 0 Å². The molecule has 152 valence electrons. The second-order valence-electron chi connectivity index (χ2n) is 7.86. The van der Waals surface area contributed by atoms with E-state index in [0.717, 1.165) is 12.8 Å². The van der Waals surface area contributed by atoms with E-state index in [1.54, 1.807) is 4.90 Å². The summed E-state index contributed by atoms with van der Waals surface area (Å²) in [5.74, 6) is -3.12. The van der Waals surface area contributed by atoms with Crippen molar-refractivity contribution in [3.8, 4) is 0 Å². The molecule has 0 aromatic carbocycles. The van der Waals surface area contributed by atoms with Crippen molar-refractivity contribution >= 4 is 17.8 Å². The molecule has 1 saturated heterocycles. The molecular formula is C18H25F3N2O4. The lowest BCUT2D eigenvalue weighted by Crippen LogP contribution is -2.48. The molecule has 0 unspecified atom stereocenters. The van der Waals surface area contributed by atoms with Gasteiger partial charge in [-0.25, -0.2) is 0 Å². The number of hydrogen-bond donors (Lipinski definition) is 1. The topological polar surface area (TPSA) is 75.7 Å². The molecule has 0 radical (unpaired) electrons. The molecule has 0 bridgehead atoms. The van der Waals surface area contributed by atoms with Crippen molar-refractivity contribution in [3.05, 3.63) is 0 Å². The highest BCUT2D eigenvalue weighted by atomic mass is 19.4. The molecule has 6 nitrogen and oxygen atoms in total. The average Bonchev–Trinajstić information content (AvgIpc) is 3.34. The van der Waals surface area contributed by atoms with E-state index in [0.29, 0.717) is 25.3 Å². The molecular weight excluding hydrogens is 365 g/mol. The number of rotatable bonds is 6. The summed E-state index contributed by atoms with van der Waals surface area (Å²) in [6, 6.07) is -0.980. The van der Waals surface area contributed by atoms with Crippen LogP contribution in [0.2, 0.25) is 0 Å². The highest BCUT2D eigenvalue weighted by Crippen LogP contribution is 2.37. The first-order valence-corrected chi connectivity index (χ1v) is 9.54. The van der Waals surface area contributed by atoms with E-state index >= 15 is 0 Å². The molecule has 0 spiro atoms. The lowest BCUT2D eigenvalue weighted by Gasteiger charge is -2.33. The quantitative estimate of drug-likeness (QED) is 0.704. The molecule has 0 aromatic heterocycles. The van der Waals surface area contributed by atoms with Gasteiger partial charge in [0.25, 0.3) is 5.91 Å². The van der Waals surface area contributed by atoms with E-state index in [1.165, 1.54) is 0 Å². The van der Waals surface area contributed by atoms with Crippen molar-refractivity contribution < 1.29 is 32.3 Å². The zero-order valence-electron chi connectivity index (χ0n) is 15.1. The van der Waals surface area contributed by atoms with Crippen LogP contribution in [0.1, 0.15) is 44.9 Å². The molecule has 2 amide bonds. The van der Waals surface area contributed by atoms with Gasteiger partial charge in [-0.1, -0.05) is 12.8 Å². The highest BCUT2D eigenvalue weighted by Gasteiger charge is 2.46. The molecule has 9 heteroatoms. The van der Waals surface area contributed by atoms with Crippen LogP contribution in [0, 0.1) is 17.8 Å². The number of likely N-dealkylation sites (tertiary alicyclic amines) is 1. The molecule has 3 atom stereocenters. The van der Waals surface area contributed by atoms with Gasteiger partial charge in [-0.15, -0.1) is 0 Å². The van der Waals surface area contributed by atoms with Crippen molar-refractivity contribution in [2.75, 3.05) is 19.7 Å². The number of hydrogen-bond acceptors (Lipinski definition) is 4. The number of carbonyl (C=O) groups is 3. The smallest absolute Gasteiger partial charge is 0.393 e. The summed E-state index contributed by atoms with van der Waals surface area (Å²) in [4.78, 5) is 37.6. The van der Waals surface area contributed by atoms with Crippen molar-refractivity contribution in [3.63, 3.8) is 0 Å². The third-order valence-electron chi connectivity index (χ3n) is 5.60. The highest BCUT2D eigenvalue weighted by molar-refractivity contribution is 5.88. The van der Waals surface area contributed by atoms with Crippen LogP contribution in [0.4, 0.5) is 13.2 Å². The number of carbonyl (C=O) groups excluding carboxylic acids is 3. The van der Waals surface area contributed by atoms with Gasteiger partial charge in [-0.3, -0.25) is 14.4 Å². The minimum absolute atomic E-state index is 0.00471. The Morgan fingerprint density at radius 1 is 1.15 bits per heavy atom. The van der Waals surface area contributed by atoms with E-state index in [4.69, 9.17) is 4.74 Å². The van der Waals surface area contributed by atoms with Crippen LogP contribution in [0.5, 0.6) is 0 Å². The summed E-state index contributed by atoms with van der Waals surface area (Å²) >= 11 is 0. The van der Waals surface area contributed by atoms with E-state index in [9.17, 15) is 27.6 Å². The van der Waals surface area contributed by atoms with Crippen LogP contribution in [0.15, 0.2) is 0 Å². The molecule has 0 aromatic rings. The first-order valence-electron chi connectivity index (χ1n) is 9.54. The predicted molar refractivity (Wildman–Crippen MR) is 88.3 cm³/mol. The van der Waals surface area contributed by atoms with Gasteiger partial charge in [0.05, 0.1) is 11.8 Å². The van der Waals surface area contributed by atoms with Crippen molar-refractivity contribution in [1.29, 1.82) is 0 Å². The van der Waals surface area contributed by atoms with Crippen LogP contribution in [-0.4, -0.2) is 54.6 Å². The van der Waals surface area contributed by atoms with Gasteiger partial charge in [0.1, 0.15) is 0 Å². The Morgan fingerprint density at radius 2 is 1.85 bits per heavy atom. The fourth-order valence-electron chi connectivity index (χ4n) is 3.92. The Balaban J connectivity index is 1.43. The van der Waals surface area contributed by atoms with E-state index in [2.05, 4.69) is 5.32 Å². The zero-order valence-corrected chi connectivity index (χ0v) is 15.1. The number of nitrogens with zero attached hydrogens (tertiary/aromatic N) is 1.